The van der Waals surface area contributed by atoms with E-state index in [9.17, 15) is 10.2 Å². The zero-order chi connectivity index (χ0) is 14.4. The zero-order valence-electron chi connectivity index (χ0n) is 11.8. The van der Waals surface area contributed by atoms with Crippen molar-refractivity contribution in [3.63, 3.8) is 0 Å². The molecule has 20 heavy (non-hydrogen) atoms. The van der Waals surface area contributed by atoms with Gasteiger partial charge in [-0.15, -0.1) is 0 Å². The number of aliphatic hydroxyl groups is 2. The molecule has 3 unspecified atom stereocenters. The second kappa shape index (κ2) is 7.04. The van der Waals surface area contributed by atoms with Gasteiger partial charge in [0.1, 0.15) is 24.1 Å². The Bertz CT molecular complexity index is 400. The highest BCUT2D eigenvalue weighted by Gasteiger charge is 2.39. The van der Waals surface area contributed by atoms with Crippen molar-refractivity contribution in [3.05, 3.63) is 30.3 Å². The molecule has 1 fully saturated rings. The van der Waals surface area contributed by atoms with E-state index < -0.39 is 11.7 Å². The second-order valence-corrected chi connectivity index (χ2v) is 5.28. The number of para-hydroxylation sites is 1. The van der Waals surface area contributed by atoms with Crippen LogP contribution >= 0.6 is 0 Å². The summed E-state index contributed by atoms with van der Waals surface area (Å²) >= 11 is 0. The van der Waals surface area contributed by atoms with E-state index in [-0.39, 0.29) is 12.7 Å². The fourth-order valence-corrected chi connectivity index (χ4v) is 2.23. The standard InChI is InChI=1S/C15H23NO4/c1-12-15(18,7-8-19-12)11-16-9-13(17)10-20-14-5-3-2-4-6-14/h2-6,12-13,16-18H,7-11H2,1H3. The van der Waals surface area contributed by atoms with E-state index in [1.54, 1.807) is 0 Å². The van der Waals surface area contributed by atoms with Gasteiger partial charge < -0.3 is 25.0 Å². The van der Waals surface area contributed by atoms with E-state index in [4.69, 9.17) is 9.47 Å². The van der Waals surface area contributed by atoms with Crippen LogP contribution in [0.5, 0.6) is 5.75 Å². The van der Waals surface area contributed by atoms with Crippen molar-refractivity contribution in [2.45, 2.75) is 31.2 Å². The molecule has 5 nitrogen and oxygen atoms in total. The Hall–Kier alpha value is -1.14. The first-order valence-corrected chi connectivity index (χ1v) is 7.01. The summed E-state index contributed by atoms with van der Waals surface area (Å²) < 4.78 is 10.8. The molecule has 2 rings (SSSR count). The van der Waals surface area contributed by atoms with Crippen LogP contribution in [0.3, 0.4) is 0 Å². The number of hydrogen-bond acceptors (Lipinski definition) is 5. The molecular weight excluding hydrogens is 258 g/mol. The third kappa shape index (κ3) is 4.18. The number of benzene rings is 1. The minimum Gasteiger partial charge on any atom is -0.491 e. The Balaban J connectivity index is 1.64. The van der Waals surface area contributed by atoms with Crippen molar-refractivity contribution >= 4 is 0 Å². The fourth-order valence-electron chi connectivity index (χ4n) is 2.23. The molecule has 1 heterocycles. The van der Waals surface area contributed by atoms with E-state index in [0.29, 0.717) is 26.1 Å². The minimum atomic E-state index is -0.833. The summed E-state index contributed by atoms with van der Waals surface area (Å²) in [6.07, 6.45) is -0.165. The average Bonchev–Trinajstić information content (AvgIpc) is 2.78. The minimum absolute atomic E-state index is 0.173. The van der Waals surface area contributed by atoms with Gasteiger partial charge in [-0.25, -0.2) is 0 Å². The van der Waals surface area contributed by atoms with Crippen LogP contribution in [0.15, 0.2) is 30.3 Å². The van der Waals surface area contributed by atoms with Gasteiger partial charge in [0.15, 0.2) is 0 Å². The lowest BCUT2D eigenvalue weighted by Crippen LogP contribution is -2.47. The Morgan fingerprint density at radius 1 is 1.45 bits per heavy atom. The number of nitrogens with one attached hydrogen (secondary N) is 1. The SMILES string of the molecule is CC1OCCC1(O)CNCC(O)COc1ccccc1. The van der Waals surface area contributed by atoms with Crippen molar-refractivity contribution in [3.8, 4) is 5.75 Å². The highest BCUT2D eigenvalue weighted by atomic mass is 16.5. The molecular formula is C15H23NO4. The predicted molar refractivity (Wildman–Crippen MR) is 75.8 cm³/mol. The molecule has 0 spiro atoms. The molecule has 5 heteroatoms. The van der Waals surface area contributed by atoms with Crippen LogP contribution in [0.4, 0.5) is 0 Å². The molecule has 3 atom stereocenters. The molecule has 3 N–H and O–H groups in total. The van der Waals surface area contributed by atoms with Gasteiger partial charge in [-0.1, -0.05) is 18.2 Å². The summed E-state index contributed by atoms with van der Waals surface area (Å²) in [6, 6.07) is 9.38. The molecule has 1 aliphatic heterocycles. The van der Waals surface area contributed by atoms with Crippen molar-refractivity contribution in [2.75, 3.05) is 26.3 Å². The quantitative estimate of drug-likeness (QED) is 0.681. The van der Waals surface area contributed by atoms with Crippen LogP contribution in [0.2, 0.25) is 0 Å². The largest absolute Gasteiger partial charge is 0.491 e. The molecule has 1 saturated heterocycles. The van der Waals surface area contributed by atoms with Gasteiger partial charge in [-0.05, 0) is 19.1 Å². The molecule has 1 aromatic rings. The highest BCUT2D eigenvalue weighted by molar-refractivity contribution is 5.20. The lowest BCUT2D eigenvalue weighted by molar-refractivity contribution is -0.0279. The van der Waals surface area contributed by atoms with Gasteiger partial charge in [0, 0.05) is 26.1 Å². The first-order chi connectivity index (χ1) is 9.60. The summed E-state index contributed by atoms with van der Waals surface area (Å²) in [5.74, 6) is 0.739. The molecule has 0 radical (unpaired) electrons. The van der Waals surface area contributed by atoms with Gasteiger partial charge >= 0.3 is 0 Å². The Morgan fingerprint density at radius 3 is 2.85 bits per heavy atom. The van der Waals surface area contributed by atoms with E-state index in [0.717, 1.165) is 5.75 Å². The summed E-state index contributed by atoms with van der Waals surface area (Å²) in [5, 5.41) is 23.2. The van der Waals surface area contributed by atoms with Gasteiger partial charge in [-0.3, -0.25) is 0 Å². The third-order valence-electron chi connectivity index (χ3n) is 3.66. The summed E-state index contributed by atoms with van der Waals surface area (Å²) in [6.45, 7) is 3.46. The van der Waals surface area contributed by atoms with Crippen LogP contribution < -0.4 is 10.1 Å². The van der Waals surface area contributed by atoms with E-state index >= 15 is 0 Å². The van der Waals surface area contributed by atoms with Crippen molar-refractivity contribution in [2.24, 2.45) is 0 Å². The molecule has 0 aliphatic carbocycles. The van der Waals surface area contributed by atoms with Gasteiger partial charge in [0.25, 0.3) is 0 Å². The van der Waals surface area contributed by atoms with Crippen molar-refractivity contribution in [1.29, 1.82) is 0 Å². The number of rotatable bonds is 7. The molecule has 0 saturated carbocycles. The normalized spacial score (nSPS) is 27.4. The van der Waals surface area contributed by atoms with Crippen molar-refractivity contribution < 1.29 is 19.7 Å². The fraction of sp³-hybridized carbons (Fsp3) is 0.600. The van der Waals surface area contributed by atoms with E-state index in [1.807, 2.05) is 37.3 Å². The van der Waals surface area contributed by atoms with Crippen LogP contribution in [0, 0.1) is 0 Å². The first kappa shape index (κ1) is 15.3. The summed E-state index contributed by atoms with van der Waals surface area (Å²) in [5.41, 5.74) is -0.833. The van der Waals surface area contributed by atoms with Crippen molar-refractivity contribution in [1.82, 2.24) is 5.32 Å². The summed E-state index contributed by atoms with van der Waals surface area (Å²) in [7, 11) is 0. The second-order valence-electron chi connectivity index (χ2n) is 5.28. The lowest BCUT2D eigenvalue weighted by atomic mass is 9.97. The molecule has 0 bridgehead atoms. The third-order valence-corrected chi connectivity index (χ3v) is 3.66. The van der Waals surface area contributed by atoms with Crippen LogP contribution in [0.25, 0.3) is 0 Å². The maximum Gasteiger partial charge on any atom is 0.119 e. The topological polar surface area (TPSA) is 71.0 Å². The molecule has 1 aromatic carbocycles. The predicted octanol–water partition coefficient (Wildman–Crippen LogP) is 0.556. The smallest absolute Gasteiger partial charge is 0.119 e. The number of hydrogen-bond donors (Lipinski definition) is 3. The highest BCUT2D eigenvalue weighted by Crippen LogP contribution is 2.24. The molecule has 1 aliphatic rings. The maximum atomic E-state index is 10.3. The molecule has 0 amide bonds. The van der Waals surface area contributed by atoms with Gasteiger partial charge in [-0.2, -0.15) is 0 Å². The van der Waals surface area contributed by atoms with E-state index in [1.165, 1.54) is 0 Å². The summed E-state index contributed by atoms with van der Waals surface area (Å²) in [4.78, 5) is 0. The zero-order valence-corrected chi connectivity index (χ0v) is 11.8. The van der Waals surface area contributed by atoms with Gasteiger partial charge in [0.2, 0.25) is 0 Å². The first-order valence-electron chi connectivity index (χ1n) is 7.01. The van der Waals surface area contributed by atoms with Crippen LogP contribution in [-0.2, 0) is 4.74 Å². The molecule has 112 valence electrons. The Labute approximate surface area is 119 Å². The average molecular weight is 281 g/mol. The van der Waals surface area contributed by atoms with Crippen LogP contribution in [-0.4, -0.2) is 54.3 Å². The maximum absolute atomic E-state index is 10.3. The number of ether oxygens (including phenoxy) is 2. The Morgan fingerprint density at radius 2 is 2.20 bits per heavy atom. The Kier molecular flexibility index (Phi) is 5.37. The van der Waals surface area contributed by atoms with Crippen LogP contribution in [0.1, 0.15) is 13.3 Å². The molecule has 0 aromatic heterocycles. The van der Waals surface area contributed by atoms with Gasteiger partial charge in [0.05, 0.1) is 6.10 Å². The lowest BCUT2D eigenvalue weighted by Gasteiger charge is -2.26. The monoisotopic (exact) mass is 281 g/mol. The van der Waals surface area contributed by atoms with E-state index in [2.05, 4.69) is 5.32 Å². The number of aliphatic hydroxyl groups excluding tert-OH is 1.